The smallest absolute Gasteiger partial charge is 0.435 e. The Balaban J connectivity index is 2.19. The van der Waals surface area contributed by atoms with Gasteiger partial charge in [-0.2, -0.15) is 13.2 Å². The molecule has 4 nitrogen and oxygen atoms in total. The van der Waals surface area contributed by atoms with Crippen LogP contribution in [0.25, 0.3) is 16.9 Å². The molecule has 0 N–H and O–H groups in total. The van der Waals surface area contributed by atoms with Gasteiger partial charge in [0.1, 0.15) is 11.4 Å². The first kappa shape index (κ1) is 17.0. The predicted octanol–water partition coefficient (Wildman–Crippen LogP) is 4.58. The molecular formula is C18H16F3N3O. The summed E-state index contributed by atoms with van der Waals surface area (Å²) in [7, 11) is 1.49. The van der Waals surface area contributed by atoms with Crippen LogP contribution in [0.4, 0.5) is 13.2 Å². The van der Waals surface area contributed by atoms with E-state index in [9.17, 15) is 13.2 Å². The summed E-state index contributed by atoms with van der Waals surface area (Å²) >= 11 is 0. The Morgan fingerprint density at radius 2 is 1.68 bits per heavy atom. The highest BCUT2D eigenvalue weighted by molar-refractivity contribution is 5.64. The topological polar surface area (TPSA) is 39.9 Å². The molecule has 7 heteroatoms. The van der Waals surface area contributed by atoms with Gasteiger partial charge >= 0.3 is 6.18 Å². The van der Waals surface area contributed by atoms with Crippen molar-refractivity contribution in [3.05, 3.63) is 59.3 Å². The molecular weight excluding hydrogens is 331 g/mol. The third kappa shape index (κ3) is 3.22. The van der Waals surface area contributed by atoms with Crippen molar-refractivity contribution in [3.63, 3.8) is 0 Å². The number of hydrogen-bond donors (Lipinski definition) is 0. The zero-order chi connectivity index (χ0) is 18.2. The number of nitrogens with zero attached hydrogens (tertiary/aromatic N) is 3. The average molecular weight is 347 g/mol. The maximum atomic E-state index is 13.7. The Labute approximate surface area is 142 Å². The molecule has 0 bridgehead atoms. The van der Waals surface area contributed by atoms with Crippen molar-refractivity contribution in [2.75, 3.05) is 7.11 Å². The average Bonchev–Trinajstić information content (AvgIpc) is 3.00. The molecule has 0 atom stereocenters. The molecule has 0 aliphatic heterocycles. The summed E-state index contributed by atoms with van der Waals surface area (Å²) in [6.45, 7) is 3.63. The van der Waals surface area contributed by atoms with Crippen molar-refractivity contribution in [2.45, 2.75) is 20.0 Å². The molecule has 1 aromatic heterocycles. The van der Waals surface area contributed by atoms with E-state index in [1.54, 1.807) is 31.2 Å². The fraction of sp³-hybridized carbons (Fsp3) is 0.222. The van der Waals surface area contributed by atoms with E-state index in [2.05, 4.69) is 10.3 Å². The Hall–Kier alpha value is -2.83. The second-order valence-corrected chi connectivity index (χ2v) is 5.71. The van der Waals surface area contributed by atoms with Gasteiger partial charge in [0.15, 0.2) is 5.69 Å². The SMILES string of the molecule is COc1ccc(-c2nnn(-c3ccc(C)cc3C)c2C(F)(F)F)cc1. The Morgan fingerprint density at radius 1 is 1.00 bits per heavy atom. The standard InChI is InChI=1S/C18H16F3N3O/c1-11-4-9-15(12(2)10-11)24-17(18(19,20)21)16(22-23-24)13-5-7-14(25-3)8-6-13/h4-10H,1-3H3. The molecule has 3 aromatic rings. The normalized spacial score (nSPS) is 11.6. The van der Waals surface area contributed by atoms with Crippen LogP contribution in [0, 0.1) is 13.8 Å². The van der Waals surface area contributed by atoms with Crippen molar-refractivity contribution < 1.29 is 17.9 Å². The summed E-state index contributed by atoms with van der Waals surface area (Å²) in [4.78, 5) is 0. The molecule has 1 heterocycles. The van der Waals surface area contributed by atoms with Crippen LogP contribution in [0.1, 0.15) is 16.8 Å². The fourth-order valence-corrected chi connectivity index (χ4v) is 2.69. The van der Waals surface area contributed by atoms with E-state index < -0.39 is 11.9 Å². The Kier molecular flexibility index (Phi) is 4.24. The number of hydrogen-bond acceptors (Lipinski definition) is 3. The maximum absolute atomic E-state index is 13.7. The molecule has 0 saturated heterocycles. The van der Waals surface area contributed by atoms with Crippen LogP contribution in [-0.4, -0.2) is 22.1 Å². The number of methoxy groups -OCH3 is 1. The van der Waals surface area contributed by atoms with Crippen molar-refractivity contribution in [2.24, 2.45) is 0 Å². The molecule has 130 valence electrons. The van der Waals surface area contributed by atoms with Gasteiger partial charge in [0, 0.05) is 5.56 Å². The van der Waals surface area contributed by atoms with Crippen LogP contribution in [0.5, 0.6) is 5.75 Å². The summed E-state index contributed by atoms with van der Waals surface area (Å²) in [6.07, 6.45) is -4.60. The number of aromatic nitrogens is 3. The van der Waals surface area contributed by atoms with Gasteiger partial charge in [0.05, 0.1) is 12.8 Å². The van der Waals surface area contributed by atoms with E-state index in [0.717, 1.165) is 10.2 Å². The maximum Gasteiger partial charge on any atom is 0.435 e. The van der Waals surface area contributed by atoms with E-state index in [4.69, 9.17) is 4.74 Å². The lowest BCUT2D eigenvalue weighted by Crippen LogP contribution is -2.15. The van der Waals surface area contributed by atoms with E-state index in [-0.39, 0.29) is 5.69 Å². The number of halogens is 3. The second kappa shape index (κ2) is 6.23. The molecule has 2 aromatic carbocycles. The molecule has 0 radical (unpaired) electrons. The van der Waals surface area contributed by atoms with Gasteiger partial charge in [-0.3, -0.25) is 0 Å². The van der Waals surface area contributed by atoms with Crippen molar-refractivity contribution in [3.8, 4) is 22.7 Å². The molecule has 0 saturated carbocycles. The number of ether oxygens (including phenoxy) is 1. The van der Waals surface area contributed by atoms with E-state index >= 15 is 0 Å². The second-order valence-electron chi connectivity index (χ2n) is 5.71. The number of aryl methyl sites for hydroxylation is 2. The number of alkyl halides is 3. The molecule has 0 unspecified atom stereocenters. The largest absolute Gasteiger partial charge is 0.497 e. The lowest BCUT2D eigenvalue weighted by Gasteiger charge is -2.13. The van der Waals surface area contributed by atoms with Crippen LogP contribution in [0.3, 0.4) is 0 Å². The van der Waals surface area contributed by atoms with Gasteiger partial charge in [0.2, 0.25) is 0 Å². The lowest BCUT2D eigenvalue weighted by molar-refractivity contribution is -0.142. The first-order valence-electron chi connectivity index (χ1n) is 7.56. The van der Waals surface area contributed by atoms with Gasteiger partial charge in [0.25, 0.3) is 0 Å². The lowest BCUT2D eigenvalue weighted by atomic mass is 10.1. The van der Waals surface area contributed by atoms with Gasteiger partial charge in [-0.25, -0.2) is 4.68 Å². The quantitative estimate of drug-likeness (QED) is 0.696. The minimum absolute atomic E-state index is 0.213. The van der Waals surface area contributed by atoms with Gasteiger partial charge < -0.3 is 4.74 Å². The first-order valence-corrected chi connectivity index (χ1v) is 7.56. The summed E-state index contributed by atoms with van der Waals surface area (Å²) < 4.78 is 47.1. The number of benzene rings is 2. The minimum atomic E-state index is -4.60. The molecule has 0 aliphatic rings. The molecule has 0 spiro atoms. The summed E-state index contributed by atoms with van der Waals surface area (Å²) in [5, 5.41) is 7.58. The summed E-state index contributed by atoms with van der Waals surface area (Å²) in [5.74, 6) is 0.555. The van der Waals surface area contributed by atoms with Gasteiger partial charge in [-0.05, 0) is 49.7 Å². The molecule has 0 amide bonds. The van der Waals surface area contributed by atoms with E-state index in [1.165, 1.54) is 19.2 Å². The molecule has 0 fully saturated rings. The van der Waals surface area contributed by atoms with E-state index in [1.807, 2.05) is 13.0 Å². The highest BCUT2D eigenvalue weighted by Gasteiger charge is 2.40. The number of rotatable bonds is 3. The Bertz CT molecular complexity index is 899. The highest BCUT2D eigenvalue weighted by atomic mass is 19.4. The van der Waals surface area contributed by atoms with Crippen LogP contribution in [0.15, 0.2) is 42.5 Å². The van der Waals surface area contributed by atoms with Crippen LogP contribution < -0.4 is 4.74 Å². The third-order valence-corrected chi connectivity index (χ3v) is 3.88. The minimum Gasteiger partial charge on any atom is -0.497 e. The summed E-state index contributed by atoms with van der Waals surface area (Å²) in [5.41, 5.74) is 1.22. The van der Waals surface area contributed by atoms with Gasteiger partial charge in [-0.1, -0.05) is 22.9 Å². The van der Waals surface area contributed by atoms with E-state index in [0.29, 0.717) is 22.6 Å². The zero-order valence-electron chi connectivity index (χ0n) is 13.9. The zero-order valence-corrected chi connectivity index (χ0v) is 13.9. The molecule has 0 aliphatic carbocycles. The summed E-state index contributed by atoms with van der Waals surface area (Å²) in [6, 6.07) is 11.4. The van der Waals surface area contributed by atoms with Crippen LogP contribution >= 0.6 is 0 Å². The van der Waals surface area contributed by atoms with Crippen molar-refractivity contribution in [1.82, 2.24) is 15.0 Å². The fourth-order valence-electron chi connectivity index (χ4n) is 2.69. The van der Waals surface area contributed by atoms with Gasteiger partial charge in [-0.15, -0.1) is 5.10 Å². The Morgan fingerprint density at radius 3 is 2.24 bits per heavy atom. The van der Waals surface area contributed by atoms with Crippen molar-refractivity contribution >= 4 is 0 Å². The van der Waals surface area contributed by atoms with Crippen LogP contribution in [0.2, 0.25) is 0 Å². The molecule has 25 heavy (non-hydrogen) atoms. The first-order chi connectivity index (χ1) is 11.8. The molecule has 3 rings (SSSR count). The predicted molar refractivity (Wildman–Crippen MR) is 87.8 cm³/mol. The highest BCUT2D eigenvalue weighted by Crippen LogP contribution is 2.37. The van der Waals surface area contributed by atoms with Crippen molar-refractivity contribution in [1.29, 1.82) is 0 Å². The van der Waals surface area contributed by atoms with Crippen LogP contribution in [-0.2, 0) is 6.18 Å². The third-order valence-electron chi connectivity index (χ3n) is 3.88. The monoisotopic (exact) mass is 347 g/mol.